The summed E-state index contributed by atoms with van der Waals surface area (Å²) in [6, 6.07) is 12.5. The van der Waals surface area contributed by atoms with Crippen LogP contribution in [0.4, 0.5) is 0 Å². The maximum Gasteiger partial charge on any atom is 0.147 e. The van der Waals surface area contributed by atoms with E-state index in [0.29, 0.717) is 0 Å². The Labute approximate surface area is 181 Å². The fourth-order valence-corrected chi connectivity index (χ4v) is 4.73. The van der Waals surface area contributed by atoms with E-state index in [1.165, 1.54) is 17.5 Å². The Morgan fingerprint density at radius 3 is 2.74 bits per heavy atom. The summed E-state index contributed by atoms with van der Waals surface area (Å²) in [6.07, 6.45) is 5.22. The van der Waals surface area contributed by atoms with Gasteiger partial charge in [0.2, 0.25) is 0 Å². The van der Waals surface area contributed by atoms with Crippen LogP contribution >= 0.6 is 0 Å². The summed E-state index contributed by atoms with van der Waals surface area (Å²) >= 11 is 0. The maximum atomic E-state index is 6.37. The minimum absolute atomic E-state index is 0.376. The van der Waals surface area contributed by atoms with E-state index in [1.807, 2.05) is 24.4 Å². The lowest BCUT2D eigenvalue weighted by molar-refractivity contribution is 0.385. The standard InChI is InChI=1S/C24H22BN5O/c1-31-19-10-18-23(28-22(19)17-7-3-5-14-4-2-6-16(14)17)21(30-29-18)15-8-9-20(27-11-15)24(25)12-26-13-24/h3,5,7-11,26H,2,4,6,12-13H2,1H3,(H,29,30). The van der Waals surface area contributed by atoms with Gasteiger partial charge >= 0.3 is 0 Å². The molecule has 6 nitrogen and oxygen atoms in total. The first-order valence-corrected chi connectivity index (χ1v) is 10.7. The molecule has 3 aromatic heterocycles. The number of aromatic amines is 1. The molecule has 2 N–H and O–H groups in total. The molecule has 0 atom stereocenters. The zero-order valence-electron chi connectivity index (χ0n) is 17.4. The third kappa shape index (κ3) is 2.87. The van der Waals surface area contributed by atoms with Gasteiger partial charge in [-0.2, -0.15) is 5.10 Å². The Kier molecular flexibility index (Phi) is 4.15. The minimum atomic E-state index is -0.376. The van der Waals surface area contributed by atoms with E-state index in [4.69, 9.17) is 17.6 Å². The Bertz CT molecular complexity index is 1290. The number of ether oxygens (including phenoxy) is 1. The van der Waals surface area contributed by atoms with Gasteiger partial charge in [-0.1, -0.05) is 18.2 Å². The quantitative estimate of drug-likeness (QED) is 0.509. The van der Waals surface area contributed by atoms with Crippen molar-refractivity contribution in [3.05, 3.63) is 59.4 Å². The van der Waals surface area contributed by atoms with Gasteiger partial charge in [0.15, 0.2) is 0 Å². The summed E-state index contributed by atoms with van der Waals surface area (Å²) in [7, 11) is 8.06. The van der Waals surface area contributed by atoms with E-state index >= 15 is 0 Å². The van der Waals surface area contributed by atoms with Crippen LogP contribution < -0.4 is 10.1 Å². The summed E-state index contributed by atoms with van der Waals surface area (Å²) in [6.45, 7) is 1.49. The third-order valence-corrected chi connectivity index (χ3v) is 6.55. The first-order valence-electron chi connectivity index (χ1n) is 10.7. The highest BCUT2D eigenvalue weighted by atomic mass is 16.5. The number of benzene rings is 1. The van der Waals surface area contributed by atoms with Gasteiger partial charge in [-0.3, -0.25) is 10.1 Å². The SMILES string of the molecule is [B]C1(c2ccc(-c3n[nH]c4cc(OC)c(-c5cccc6c5CCC6)nc34)cn2)CNC1. The predicted octanol–water partition coefficient (Wildman–Crippen LogP) is 3.15. The van der Waals surface area contributed by atoms with Crippen molar-refractivity contribution in [2.75, 3.05) is 20.2 Å². The highest BCUT2D eigenvalue weighted by Crippen LogP contribution is 2.38. The number of pyridine rings is 2. The molecule has 2 aliphatic rings. The number of nitrogens with zero attached hydrogens (tertiary/aromatic N) is 3. The predicted molar refractivity (Wildman–Crippen MR) is 121 cm³/mol. The van der Waals surface area contributed by atoms with Crippen molar-refractivity contribution >= 4 is 18.9 Å². The summed E-state index contributed by atoms with van der Waals surface area (Å²) in [4.78, 5) is 9.67. The molecule has 1 aliphatic heterocycles. The number of rotatable bonds is 4. The molecule has 7 heteroatoms. The molecular formula is C24H22BN5O. The van der Waals surface area contributed by atoms with Crippen LogP contribution in [0.2, 0.25) is 0 Å². The van der Waals surface area contributed by atoms with Crippen molar-refractivity contribution in [3.8, 4) is 28.3 Å². The molecule has 0 unspecified atom stereocenters. The number of aromatic nitrogens is 4. The maximum absolute atomic E-state index is 6.37. The molecule has 1 saturated heterocycles. The number of hydrogen-bond donors (Lipinski definition) is 2. The Hall–Kier alpha value is -3.19. The molecule has 0 saturated carbocycles. The Morgan fingerprint density at radius 2 is 2.00 bits per heavy atom. The van der Waals surface area contributed by atoms with Crippen molar-refractivity contribution in [1.29, 1.82) is 0 Å². The molecule has 31 heavy (non-hydrogen) atoms. The molecule has 0 bridgehead atoms. The summed E-state index contributed by atoms with van der Waals surface area (Å²) in [5.41, 5.74) is 9.04. The fraction of sp³-hybridized carbons (Fsp3) is 0.292. The number of methoxy groups -OCH3 is 1. The molecule has 0 amide bonds. The molecule has 2 radical (unpaired) electrons. The zero-order chi connectivity index (χ0) is 21.0. The summed E-state index contributed by atoms with van der Waals surface area (Å²) < 4.78 is 5.71. The van der Waals surface area contributed by atoms with Crippen molar-refractivity contribution in [3.63, 3.8) is 0 Å². The summed E-state index contributed by atoms with van der Waals surface area (Å²) in [5.74, 6) is 0.749. The highest BCUT2D eigenvalue weighted by molar-refractivity contribution is 6.16. The van der Waals surface area contributed by atoms with E-state index < -0.39 is 0 Å². The molecule has 4 aromatic rings. The van der Waals surface area contributed by atoms with E-state index in [2.05, 4.69) is 38.7 Å². The van der Waals surface area contributed by atoms with Crippen molar-refractivity contribution < 1.29 is 4.74 Å². The third-order valence-electron chi connectivity index (χ3n) is 6.55. The van der Waals surface area contributed by atoms with Crippen molar-refractivity contribution in [2.45, 2.75) is 24.6 Å². The second-order valence-electron chi connectivity index (χ2n) is 8.50. The average molecular weight is 407 g/mol. The smallest absolute Gasteiger partial charge is 0.147 e. The zero-order valence-corrected chi connectivity index (χ0v) is 17.4. The van der Waals surface area contributed by atoms with Crippen LogP contribution in [0.5, 0.6) is 5.75 Å². The van der Waals surface area contributed by atoms with Crippen LogP contribution in [-0.2, 0) is 18.2 Å². The molecular weight excluding hydrogens is 385 g/mol. The van der Waals surface area contributed by atoms with E-state index in [9.17, 15) is 0 Å². The first-order chi connectivity index (χ1) is 15.2. The lowest BCUT2D eigenvalue weighted by atomic mass is 9.62. The van der Waals surface area contributed by atoms with Gasteiger partial charge < -0.3 is 10.1 Å². The van der Waals surface area contributed by atoms with Gasteiger partial charge in [0.1, 0.15) is 22.7 Å². The van der Waals surface area contributed by atoms with Crippen LogP contribution in [0, 0.1) is 0 Å². The van der Waals surface area contributed by atoms with E-state index in [-0.39, 0.29) is 5.31 Å². The molecule has 1 aliphatic carbocycles. The monoisotopic (exact) mass is 407 g/mol. The largest absolute Gasteiger partial charge is 0.494 e. The molecule has 1 aromatic carbocycles. The van der Waals surface area contributed by atoms with Crippen LogP contribution in [0.3, 0.4) is 0 Å². The number of H-pyrrole nitrogens is 1. The molecule has 1 fully saturated rings. The Balaban J connectivity index is 1.47. The van der Waals surface area contributed by atoms with Crippen molar-refractivity contribution in [1.82, 2.24) is 25.5 Å². The molecule has 6 rings (SSSR count). The van der Waals surface area contributed by atoms with Gasteiger partial charge in [0.25, 0.3) is 0 Å². The van der Waals surface area contributed by atoms with Crippen LogP contribution in [-0.4, -0.2) is 48.2 Å². The number of nitrogens with one attached hydrogen (secondary N) is 2. The van der Waals surface area contributed by atoms with Crippen LogP contribution in [0.25, 0.3) is 33.5 Å². The summed E-state index contributed by atoms with van der Waals surface area (Å²) in [5, 5.41) is 10.5. The highest BCUT2D eigenvalue weighted by Gasteiger charge is 2.34. The van der Waals surface area contributed by atoms with Gasteiger partial charge in [0, 0.05) is 29.1 Å². The van der Waals surface area contributed by atoms with Gasteiger partial charge in [-0.05, 0) is 60.9 Å². The lowest BCUT2D eigenvalue weighted by Gasteiger charge is -2.39. The van der Waals surface area contributed by atoms with Crippen molar-refractivity contribution in [2.24, 2.45) is 0 Å². The van der Waals surface area contributed by atoms with E-state index in [0.717, 1.165) is 70.9 Å². The minimum Gasteiger partial charge on any atom is -0.494 e. The van der Waals surface area contributed by atoms with Gasteiger partial charge in [-0.25, -0.2) is 4.98 Å². The normalized spacial score (nSPS) is 16.8. The van der Waals surface area contributed by atoms with E-state index in [1.54, 1.807) is 7.11 Å². The topological polar surface area (TPSA) is 75.7 Å². The molecule has 152 valence electrons. The second-order valence-corrected chi connectivity index (χ2v) is 8.50. The Morgan fingerprint density at radius 1 is 1.10 bits per heavy atom. The fourth-order valence-electron chi connectivity index (χ4n) is 4.73. The number of hydrogen-bond acceptors (Lipinski definition) is 5. The van der Waals surface area contributed by atoms with Crippen LogP contribution in [0.1, 0.15) is 23.2 Å². The van der Waals surface area contributed by atoms with Gasteiger partial charge in [0.05, 0.1) is 20.5 Å². The first kappa shape index (κ1) is 18.6. The van der Waals surface area contributed by atoms with Gasteiger partial charge in [-0.15, -0.1) is 0 Å². The molecule has 4 heterocycles. The second kappa shape index (κ2) is 6.92. The lowest BCUT2D eigenvalue weighted by Crippen LogP contribution is -2.57. The molecule has 0 spiro atoms. The number of fused-ring (bicyclic) bond motifs is 2. The number of aryl methyl sites for hydroxylation is 1. The van der Waals surface area contributed by atoms with Crippen LogP contribution in [0.15, 0.2) is 42.6 Å². The average Bonchev–Trinajstić information content (AvgIpc) is 3.43.